The number of nitrogens with zero attached hydrogens (tertiary/aromatic N) is 1. The van der Waals surface area contributed by atoms with Gasteiger partial charge in [0.25, 0.3) is 5.91 Å². The van der Waals surface area contributed by atoms with Gasteiger partial charge in [0.05, 0.1) is 0 Å². The van der Waals surface area contributed by atoms with Crippen LogP contribution in [0.15, 0.2) is 67.2 Å². The van der Waals surface area contributed by atoms with Gasteiger partial charge in [-0.25, -0.2) is 0 Å². The van der Waals surface area contributed by atoms with Gasteiger partial charge in [0.2, 0.25) is 0 Å². The molecule has 0 atom stereocenters. The number of rotatable bonds is 5. The Balaban J connectivity index is 1.60. The lowest BCUT2D eigenvalue weighted by Crippen LogP contribution is -2.31. The van der Waals surface area contributed by atoms with Crippen molar-refractivity contribution < 1.29 is 14.6 Å². The molecule has 0 saturated carbocycles. The lowest BCUT2D eigenvalue weighted by molar-refractivity contribution is 0.0952. The number of phenolic OH excluding ortho intramolecular Hbond substituents is 1. The predicted molar refractivity (Wildman–Crippen MR) is 96.2 cm³/mol. The van der Waals surface area contributed by atoms with Crippen LogP contribution in [0.2, 0.25) is 0 Å². The summed E-state index contributed by atoms with van der Waals surface area (Å²) in [5.74, 6) is 0.537. The third kappa shape index (κ3) is 4.11. The van der Waals surface area contributed by atoms with Crippen molar-refractivity contribution >= 4 is 17.4 Å². The van der Waals surface area contributed by atoms with Gasteiger partial charge >= 0.3 is 0 Å². The highest BCUT2D eigenvalue weighted by Crippen LogP contribution is 2.28. The van der Waals surface area contributed by atoms with Crippen LogP contribution in [0.3, 0.4) is 0 Å². The number of benzene rings is 2. The molecule has 0 fully saturated rings. The number of phenols is 1. The van der Waals surface area contributed by atoms with Crippen molar-refractivity contribution in [2.45, 2.75) is 0 Å². The van der Waals surface area contributed by atoms with Crippen molar-refractivity contribution in [3.63, 3.8) is 0 Å². The molecule has 3 rings (SSSR count). The molecule has 0 unspecified atom stereocenters. The van der Waals surface area contributed by atoms with Crippen molar-refractivity contribution in [2.75, 3.05) is 18.8 Å². The van der Waals surface area contributed by atoms with E-state index in [0.717, 1.165) is 0 Å². The zero-order valence-electron chi connectivity index (χ0n) is 13.6. The monoisotopic (exact) mass is 337 g/mol. The van der Waals surface area contributed by atoms with Crippen LogP contribution >= 0.6 is 0 Å². The summed E-state index contributed by atoms with van der Waals surface area (Å²) in [5, 5.41) is 12.5. The van der Waals surface area contributed by atoms with E-state index in [1.54, 1.807) is 36.7 Å². The van der Waals surface area contributed by atoms with E-state index in [1.165, 1.54) is 12.3 Å². The van der Waals surface area contributed by atoms with Gasteiger partial charge in [-0.3, -0.25) is 4.79 Å². The number of ether oxygens (including phenoxy) is 1. The molecule has 25 heavy (non-hydrogen) atoms. The molecule has 1 amide bonds. The summed E-state index contributed by atoms with van der Waals surface area (Å²) in [4.78, 5) is 13.9. The molecule has 0 aromatic heterocycles. The van der Waals surface area contributed by atoms with Crippen molar-refractivity contribution in [2.24, 2.45) is 0 Å². The first-order valence-electron chi connectivity index (χ1n) is 7.86. The molecule has 2 aromatic rings. The molecule has 0 bridgehead atoms. The van der Waals surface area contributed by atoms with E-state index in [2.05, 4.69) is 5.32 Å². The van der Waals surface area contributed by atoms with Gasteiger partial charge in [0.15, 0.2) is 5.76 Å². The maximum atomic E-state index is 12.0. The lowest BCUT2D eigenvalue weighted by atomic mass is 10.1. The van der Waals surface area contributed by atoms with Crippen LogP contribution < -0.4 is 11.1 Å². The third-order valence-corrected chi connectivity index (χ3v) is 3.72. The number of nitrogen functional groups attached to an aromatic ring is 1. The molecule has 1 heterocycles. The fourth-order valence-corrected chi connectivity index (χ4v) is 2.43. The van der Waals surface area contributed by atoms with Crippen LogP contribution in [0.25, 0.3) is 5.76 Å². The number of aromatic hydroxyl groups is 1. The Bertz CT molecular complexity index is 816. The number of anilines is 1. The Kier molecular flexibility index (Phi) is 4.89. The molecule has 1 aliphatic rings. The molecular formula is C19H19N3O3. The number of hydrogen-bond donors (Lipinski definition) is 3. The summed E-state index contributed by atoms with van der Waals surface area (Å²) < 4.78 is 5.49. The van der Waals surface area contributed by atoms with Crippen LogP contribution in [-0.4, -0.2) is 29.0 Å². The summed E-state index contributed by atoms with van der Waals surface area (Å²) in [6.07, 6.45) is 5.08. The van der Waals surface area contributed by atoms with E-state index in [9.17, 15) is 9.90 Å². The minimum absolute atomic E-state index is 0.112. The lowest BCUT2D eigenvalue weighted by Gasteiger charge is -2.22. The van der Waals surface area contributed by atoms with Gasteiger partial charge in [-0.05, 0) is 30.3 Å². The molecule has 6 heteroatoms. The second kappa shape index (κ2) is 7.44. The van der Waals surface area contributed by atoms with Gasteiger partial charge in [0.1, 0.15) is 12.0 Å². The Labute approximate surface area is 145 Å². The molecule has 0 aliphatic carbocycles. The van der Waals surface area contributed by atoms with Gasteiger partial charge in [-0.1, -0.05) is 18.2 Å². The normalized spacial score (nSPS) is 13.1. The van der Waals surface area contributed by atoms with Crippen LogP contribution in [0.1, 0.15) is 15.9 Å². The van der Waals surface area contributed by atoms with Gasteiger partial charge in [0, 0.05) is 42.3 Å². The van der Waals surface area contributed by atoms with E-state index >= 15 is 0 Å². The molecule has 1 aliphatic heterocycles. The summed E-state index contributed by atoms with van der Waals surface area (Å²) in [6.45, 7) is 1.04. The highest BCUT2D eigenvalue weighted by molar-refractivity contribution is 5.94. The average molecular weight is 337 g/mol. The Morgan fingerprint density at radius 2 is 2.00 bits per heavy atom. The van der Waals surface area contributed by atoms with E-state index in [1.807, 2.05) is 23.1 Å². The van der Waals surface area contributed by atoms with Crippen LogP contribution in [-0.2, 0) is 4.74 Å². The van der Waals surface area contributed by atoms with E-state index in [-0.39, 0.29) is 11.7 Å². The first-order chi connectivity index (χ1) is 12.1. The van der Waals surface area contributed by atoms with Crippen LogP contribution in [0.5, 0.6) is 5.75 Å². The molecule has 0 radical (unpaired) electrons. The smallest absolute Gasteiger partial charge is 0.251 e. The Morgan fingerprint density at radius 3 is 2.80 bits per heavy atom. The molecule has 0 spiro atoms. The first-order valence-corrected chi connectivity index (χ1v) is 7.86. The topological polar surface area (TPSA) is 87.8 Å². The highest BCUT2D eigenvalue weighted by atomic mass is 16.5. The van der Waals surface area contributed by atoms with Crippen molar-refractivity contribution in [3.8, 4) is 5.75 Å². The Morgan fingerprint density at radius 1 is 1.20 bits per heavy atom. The minimum atomic E-state index is -0.112. The van der Waals surface area contributed by atoms with Crippen LogP contribution in [0.4, 0.5) is 5.69 Å². The van der Waals surface area contributed by atoms with Gasteiger partial charge in [-0.2, -0.15) is 0 Å². The van der Waals surface area contributed by atoms with Gasteiger partial charge in [-0.15, -0.1) is 0 Å². The largest absolute Gasteiger partial charge is 0.508 e. The molecule has 4 N–H and O–H groups in total. The fourth-order valence-electron chi connectivity index (χ4n) is 2.43. The maximum absolute atomic E-state index is 12.0. The summed E-state index contributed by atoms with van der Waals surface area (Å²) in [6, 6.07) is 13.8. The first kappa shape index (κ1) is 16.4. The molecular weight excluding hydrogens is 318 g/mol. The predicted octanol–water partition coefficient (Wildman–Crippen LogP) is 2.51. The number of hydrogen-bond acceptors (Lipinski definition) is 5. The molecule has 6 nitrogen and oxygen atoms in total. The molecule has 2 aromatic carbocycles. The van der Waals surface area contributed by atoms with Gasteiger partial charge < -0.3 is 25.8 Å². The van der Waals surface area contributed by atoms with E-state index in [4.69, 9.17) is 10.5 Å². The van der Waals surface area contributed by atoms with Crippen molar-refractivity contribution in [1.29, 1.82) is 0 Å². The number of nitrogens with two attached hydrogens (primary N) is 1. The second-order valence-electron chi connectivity index (χ2n) is 5.53. The zero-order chi connectivity index (χ0) is 17.6. The van der Waals surface area contributed by atoms with Crippen molar-refractivity contribution in [3.05, 3.63) is 78.3 Å². The quantitative estimate of drug-likeness (QED) is 0.576. The number of carbonyl (C=O) groups is 1. The molecule has 0 saturated heterocycles. The van der Waals surface area contributed by atoms with Crippen LogP contribution in [0, 0.1) is 0 Å². The standard InChI is InChI=1S/C19H19N3O3/c20-17-7-6-15(23)12-16(17)18-13-22(10-11-25-18)9-8-21-19(24)14-4-2-1-3-5-14/h1-7,10-13,23H,8-9,20H2,(H,21,24). The summed E-state index contributed by atoms with van der Waals surface area (Å²) in [5.41, 5.74) is 7.69. The third-order valence-electron chi connectivity index (χ3n) is 3.72. The number of carbonyl (C=O) groups excluding carboxylic acids is 1. The van der Waals surface area contributed by atoms with E-state index < -0.39 is 0 Å². The second-order valence-corrected chi connectivity index (χ2v) is 5.53. The minimum Gasteiger partial charge on any atom is -0.508 e. The summed E-state index contributed by atoms with van der Waals surface area (Å²) >= 11 is 0. The van der Waals surface area contributed by atoms with E-state index in [0.29, 0.717) is 35.7 Å². The zero-order valence-corrected chi connectivity index (χ0v) is 13.6. The fraction of sp³-hybridized carbons (Fsp3) is 0.105. The number of nitrogens with one attached hydrogen (secondary N) is 1. The van der Waals surface area contributed by atoms with Crippen molar-refractivity contribution in [1.82, 2.24) is 10.2 Å². The highest BCUT2D eigenvalue weighted by Gasteiger charge is 2.13. The summed E-state index contributed by atoms with van der Waals surface area (Å²) in [7, 11) is 0. The SMILES string of the molecule is Nc1ccc(O)cc1C1=CN(CCNC(=O)c2ccccc2)C=CO1. The maximum Gasteiger partial charge on any atom is 0.251 e. The molecule has 128 valence electrons. The average Bonchev–Trinajstić information content (AvgIpc) is 2.64. The number of amides is 1. The Hall–Kier alpha value is -3.41.